The largest absolute Gasteiger partial charge is 0.392 e. The highest BCUT2D eigenvalue weighted by atomic mass is 16.3. The first-order valence-electron chi connectivity index (χ1n) is 6.55. The van der Waals surface area contributed by atoms with Gasteiger partial charge in [0, 0.05) is 6.42 Å². The molecule has 1 saturated carbocycles. The van der Waals surface area contributed by atoms with Gasteiger partial charge in [-0.15, -0.1) is 0 Å². The van der Waals surface area contributed by atoms with E-state index in [-0.39, 0.29) is 12.4 Å². The predicted molar refractivity (Wildman–Crippen MR) is 68.5 cm³/mol. The van der Waals surface area contributed by atoms with Crippen LogP contribution in [0.3, 0.4) is 0 Å². The molecular weight excluding hydrogens is 212 g/mol. The van der Waals surface area contributed by atoms with Gasteiger partial charge in [0.2, 0.25) is 0 Å². The minimum atomic E-state index is 0.138. The second-order valence-electron chi connectivity index (χ2n) is 5.88. The van der Waals surface area contributed by atoms with Crippen LogP contribution in [0, 0.1) is 17.3 Å². The van der Waals surface area contributed by atoms with Crippen LogP contribution in [0.15, 0.2) is 23.8 Å². The van der Waals surface area contributed by atoms with Crippen molar-refractivity contribution in [2.24, 2.45) is 17.3 Å². The van der Waals surface area contributed by atoms with E-state index in [0.717, 1.165) is 24.8 Å². The molecule has 1 N–H and O–H groups in total. The summed E-state index contributed by atoms with van der Waals surface area (Å²) >= 11 is 0. The normalized spacial score (nSPS) is 37.4. The summed E-state index contributed by atoms with van der Waals surface area (Å²) in [5.41, 5.74) is 1.43. The second-order valence-corrected chi connectivity index (χ2v) is 5.88. The monoisotopic (exact) mass is 234 g/mol. The van der Waals surface area contributed by atoms with Gasteiger partial charge >= 0.3 is 0 Å². The minimum absolute atomic E-state index is 0.138. The smallest absolute Gasteiger partial charge is 0.155 e. The zero-order chi connectivity index (χ0) is 12.5. The molecule has 0 saturated heterocycles. The van der Waals surface area contributed by atoms with Gasteiger partial charge in [-0.1, -0.05) is 26.0 Å². The Bertz CT molecular complexity index is 363. The molecule has 2 heteroatoms. The fourth-order valence-corrected chi connectivity index (χ4v) is 3.02. The average Bonchev–Trinajstić information content (AvgIpc) is 2.82. The zero-order valence-corrected chi connectivity index (χ0v) is 10.8. The van der Waals surface area contributed by atoms with E-state index >= 15 is 0 Å². The second kappa shape index (κ2) is 4.77. The third-order valence-corrected chi connectivity index (χ3v) is 4.43. The van der Waals surface area contributed by atoms with E-state index in [2.05, 4.69) is 19.9 Å². The summed E-state index contributed by atoms with van der Waals surface area (Å²) in [6.45, 7) is 4.68. The van der Waals surface area contributed by atoms with Crippen LogP contribution in [0.1, 0.15) is 39.5 Å². The van der Waals surface area contributed by atoms with E-state index in [1.807, 2.05) is 6.08 Å². The van der Waals surface area contributed by atoms with E-state index < -0.39 is 0 Å². The van der Waals surface area contributed by atoms with E-state index in [0.29, 0.717) is 23.7 Å². The molecule has 0 spiro atoms. The number of carbonyl (C=O) groups excluding carboxylic acids is 1. The fourth-order valence-electron chi connectivity index (χ4n) is 3.02. The Morgan fingerprint density at radius 1 is 1.41 bits per heavy atom. The molecule has 2 nitrogen and oxygen atoms in total. The van der Waals surface area contributed by atoms with Crippen molar-refractivity contribution < 1.29 is 9.90 Å². The summed E-state index contributed by atoms with van der Waals surface area (Å²) < 4.78 is 0. The summed E-state index contributed by atoms with van der Waals surface area (Å²) in [5, 5.41) is 9.27. The number of aliphatic hydroxyl groups is 1. The van der Waals surface area contributed by atoms with Gasteiger partial charge in [0.05, 0.1) is 6.61 Å². The van der Waals surface area contributed by atoms with Crippen molar-refractivity contribution in [2.75, 3.05) is 6.61 Å². The lowest BCUT2D eigenvalue weighted by Crippen LogP contribution is -1.97. The van der Waals surface area contributed by atoms with Crippen molar-refractivity contribution in [3.8, 4) is 0 Å². The summed E-state index contributed by atoms with van der Waals surface area (Å²) in [7, 11) is 0. The number of ketones is 1. The van der Waals surface area contributed by atoms with Crippen molar-refractivity contribution in [3.63, 3.8) is 0 Å². The highest BCUT2D eigenvalue weighted by molar-refractivity contribution is 5.89. The van der Waals surface area contributed by atoms with Gasteiger partial charge in [-0.3, -0.25) is 4.79 Å². The molecule has 0 bridgehead atoms. The molecule has 0 amide bonds. The molecule has 0 aromatic rings. The van der Waals surface area contributed by atoms with Gasteiger partial charge in [0.1, 0.15) is 0 Å². The Hall–Kier alpha value is -0.890. The maximum absolute atomic E-state index is 11.6. The molecule has 17 heavy (non-hydrogen) atoms. The van der Waals surface area contributed by atoms with Gasteiger partial charge in [0.15, 0.2) is 5.78 Å². The Labute approximate surface area is 103 Å². The van der Waals surface area contributed by atoms with Crippen molar-refractivity contribution in [2.45, 2.75) is 39.5 Å². The molecule has 2 rings (SSSR count). The van der Waals surface area contributed by atoms with E-state index in [1.54, 1.807) is 6.08 Å². The molecular formula is C15H22O2. The van der Waals surface area contributed by atoms with Crippen molar-refractivity contribution in [1.29, 1.82) is 0 Å². The Morgan fingerprint density at radius 2 is 2.18 bits per heavy atom. The molecule has 94 valence electrons. The Kier molecular flexibility index (Phi) is 3.53. The first-order chi connectivity index (χ1) is 8.05. The van der Waals surface area contributed by atoms with Crippen molar-refractivity contribution >= 4 is 5.78 Å². The van der Waals surface area contributed by atoms with E-state index in [1.165, 1.54) is 0 Å². The summed E-state index contributed by atoms with van der Waals surface area (Å²) in [6, 6.07) is 0. The maximum atomic E-state index is 11.6. The summed E-state index contributed by atoms with van der Waals surface area (Å²) in [6.07, 6.45) is 9.35. The average molecular weight is 234 g/mol. The molecule has 2 aliphatic carbocycles. The van der Waals surface area contributed by atoms with Crippen LogP contribution in [0.5, 0.6) is 0 Å². The van der Waals surface area contributed by atoms with Crippen LogP contribution in [-0.4, -0.2) is 17.5 Å². The van der Waals surface area contributed by atoms with Gasteiger partial charge in [-0.2, -0.15) is 0 Å². The first kappa shape index (κ1) is 12.6. The summed E-state index contributed by atoms with van der Waals surface area (Å²) in [5.74, 6) is 1.42. The molecule has 0 aromatic heterocycles. The van der Waals surface area contributed by atoms with Gasteiger partial charge in [-0.25, -0.2) is 0 Å². The first-order valence-corrected chi connectivity index (χ1v) is 6.55. The third-order valence-electron chi connectivity index (χ3n) is 4.43. The van der Waals surface area contributed by atoms with Crippen molar-refractivity contribution in [1.82, 2.24) is 0 Å². The van der Waals surface area contributed by atoms with Crippen LogP contribution in [-0.2, 0) is 4.79 Å². The highest BCUT2D eigenvalue weighted by Crippen LogP contribution is 2.61. The topological polar surface area (TPSA) is 37.3 Å². The van der Waals surface area contributed by atoms with E-state index in [9.17, 15) is 9.90 Å². The lowest BCUT2D eigenvalue weighted by atomic mass is 10.0. The molecule has 2 aliphatic rings. The van der Waals surface area contributed by atoms with E-state index in [4.69, 9.17) is 0 Å². The van der Waals surface area contributed by atoms with Gasteiger partial charge in [0.25, 0.3) is 0 Å². The zero-order valence-electron chi connectivity index (χ0n) is 10.8. The van der Waals surface area contributed by atoms with Crippen LogP contribution in [0.2, 0.25) is 0 Å². The number of carbonyl (C=O) groups is 1. The maximum Gasteiger partial charge on any atom is 0.155 e. The molecule has 0 aromatic carbocycles. The Morgan fingerprint density at radius 3 is 2.88 bits per heavy atom. The van der Waals surface area contributed by atoms with Gasteiger partial charge < -0.3 is 5.11 Å². The number of rotatable bonds is 1. The molecule has 0 radical (unpaired) electrons. The highest BCUT2D eigenvalue weighted by Gasteiger charge is 2.55. The molecule has 2 atom stereocenters. The molecule has 0 heterocycles. The minimum Gasteiger partial charge on any atom is -0.392 e. The van der Waals surface area contributed by atoms with Crippen LogP contribution < -0.4 is 0 Å². The van der Waals surface area contributed by atoms with Crippen LogP contribution >= 0.6 is 0 Å². The SMILES string of the molecule is CC1(C)[C@@H]2CC/C(CO)=C\CCC(=O)/C=C\[C@@H]21. The lowest BCUT2D eigenvalue weighted by Gasteiger charge is -2.05. The fraction of sp³-hybridized carbons (Fsp3) is 0.667. The molecule has 0 unspecified atom stereocenters. The molecule has 1 fully saturated rings. The number of hydrogen-bond donors (Lipinski definition) is 1. The predicted octanol–water partition coefficient (Wildman–Crippen LogP) is 2.88. The quantitative estimate of drug-likeness (QED) is 0.708. The molecule has 0 aliphatic heterocycles. The van der Waals surface area contributed by atoms with Crippen LogP contribution in [0.4, 0.5) is 0 Å². The van der Waals surface area contributed by atoms with Gasteiger partial charge in [-0.05, 0) is 48.2 Å². The standard InChI is InChI=1S/C15H22O2/c1-15(2)13-8-6-11(10-16)4-3-5-12(17)7-9-14(13)15/h4,7,9,13-14,16H,3,5-6,8,10H2,1-2H3/b9-7-,11-4+/t13-,14+/m1/s1. The number of allylic oxidation sites excluding steroid dienone is 3. The lowest BCUT2D eigenvalue weighted by molar-refractivity contribution is -0.114. The summed E-state index contributed by atoms with van der Waals surface area (Å²) in [4.78, 5) is 11.6. The number of hydrogen-bond acceptors (Lipinski definition) is 2. The number of fused-ring (bicyclic) bond motifs is 1. The van der Waals surface area contributed by atoms with Crippen molar-refractivity contribution in [3.05, 3.63) is 23.8 Å². The van der Waals surface area contributed by atoms with Crippen LogP contribution in [0.25, 0.3) is 0 Å². The Balaban J connectivity index is 2.11. The third kappa shape index (κ3) is 2.68. The number of aliphatic hydroxyl groups excluding tert-OH is 1.